The molecule has 2 aromatic carbocycles. The van der Waals surface area contributed by atoms with E-state index in [2.05, 4.69) is 20.7 Å². The standard InChI is InChI=1S/C25H30N6O5/c1-16(25(34)26-18-7-4-5-8-18)31(19-9-6-10-20(32)14-19)23(33)15-30-28-24(27-29-30)17-11-12-21(35-2)22(13-17)36-3/h6,9-14,16,18,32H,4-5,7-8,15H2,1-3H3,(H,26,34)/t16-/m1/s1. The summed E-state index contributed by atoms with van der Waals surface area (Å²) in [4.78, 5) is 29.0. The molecule has 0 saturated heterocycles. The zero-order valence-corrected chi connectivity index (χ0v) is 20.5. The summed E-state index contributed by atoms with van der Waals surface area (Å²) in [5.74, 6) is 0.695. The van der Waals surface area contributed by atoms with Gasteiger partial charge in [0.15, 0.2) is 11.5 Å². The predicted octanol–water partition coefficient (Wildman–Crippen LogP) is 2.54. The predicted molar refractivity (Wildman–Crippen MR) is 132 cm³/mol. The molecule has 11 nitrogen and oxygen atoms in total. The monoisotopic (exact) mass is 494 g/mol. The summed E-state index contributed by atoms with van der Waals surface area (Å²) in [7, 11) is 3.08. The van der Waals surface area contributed by atoms with Crippen molar-refractivity contribution < 1.29 is 24.2 Å². The number of aromatic hydroxyl groups is 1. The van der Waals surface area contributed by atoms with Gasteiger partial charge in [-0.3, -0.25) is 14.5 Å². The number of hydrogen-bond acceptors (Lipinski definition) is 8. The molecule has 190 valence electrons. The van der Waals surface area contributed by atoms with Crippen LogP contribution in [0.15, 0.2) is 42.5 Å². The number of ether oxygens (including phenoxy) is 2. The average molecular weight is 495 g/mol. The van der Waals surface area contributed by atoms with E-state index in [4.69, 9.17) is 9.47 Å². The van der Waals surface area contributed by atoms with Crippen molar-refractivity contribution in [2.45, 2.75) is 51.2 Å². The second kappa shape index (κ2) is 11.1. The van der Waals surface area contributed by atoms with Crippen molar-refractivity contribution in [3.63, 3.8) is 0 Å². The lowest BCUT2D eigenvalue weighted by Crippen LogP contribution is -2.51. The number of tetrazole rings is 1. The van der Waals surface area contributed by atoms with Crippen molar-refractivity contribution in [2.75, 3.05) is 19.1 Å². The lowest BCUT2D eigenvalue weighted by Gasteiger charge is -2.29. The van der Waals surface area contributed by atoms with Gasteiger partial charge in [-0.2, -0.15) is 4.80 Å². The van der Waals surface area contributed by atoms with Gasteiger partial charge in [-0.15, -0.1) is 10.2 Å². The Morgan fingerprint density at radius 1 is 1.14 bits per heavy atom. The fraction of sp³-hybridized carbons (Fsp3) is 0.400. The molecular weight excluding hydrogens is 464 g/mol. The number of carbonyl (C=O) groups excluding carboxylic acids is 2. The molecule has 36 heavy (non-hydrogen) atoms. The summed E-state index contributed by atoms with van der Waals surface area (Å²) in [5.41, 5.74) is 1.04. The van der Waals surface area contributed by atoms with Gasteiger partial charge in [-0.05, 0) is 55.3 Å². The summed E-state index contributed by atoms with van der Waals surface area (Å²) >= 11 is 0. The molecule has 1 aromatic heterocycles. The summed E-state index contributed by atoms with van der Waals surface area (Å²) in [6.45, 7) is 1.41. The molecule has 3 aromatic rings. The molecule has 1 heterocycles. The lowest BCUT2D eigenvalue weighted by atomic mass is 10.1. The van der Waals surface area contributed by atoms with Crippen LogP contribution in [0.5, 0.6) is 17.2 Å². The number of methoxy groups -OCH3 is 2. The Hall–Kier alpha value is -4.15. The summed E-state index contributed by atoms with van der Waals surface area (Å²) in [5, 5.41) is 25.4. The number of benzene rings is 2. The van der Waals surface area contributed by atoms with E-state index in [1.807, 2.05) is 0 Å². The Balaban J connectivity index is 1.55. The van der Waals surface area contributed by atoms with Gasteiger partial charge < -0.3 is 19.9 Å². The largest absolute Gasteiger partial charge is 0.508 e. The molecule has 0 bridgehead atoms. The number of phenols is 1. The van der Waals surface area contributed by atoms with E-state index in [-0.39, 0.29) is 24.2 Å². The number of aromatic nitrogens is 4. The number of anilines is 1. The van der Waals surface area contributed by atoms with Gasteiger partial charge in [0, 0.05) is 23.4 Å². The number of nitrogens with zero attached hydrogens (tertiary/aromatic N) is 5. The van der Waals surface area contributed by atoms with E-state index in [0.717, 1.165) is 25.7 Å². The zero-order valence-electron chi connectivity index (χ0n) is 20.5. The van der Waals surface area contributed by atoms with Gasteiger partial charge >= 0.3 is 0 Å². The molecule has 0 radical (unpaired) electrons. The lowest BCUT2D eigenvalue weighted by molar-refractivity contribution is -0.127. The normalized spacial score (nSPS) is 14.3. The molecular formula is C25H30N6O5. The molecule has 1 fully saturated rings. The Kier molecular flexibility index (Phi) is 7.67. The molecule has 11 heteroatoms. The first-order valence-electron chi connectivity index (χ1n) is 11.8. The van der Waals surface area contributed by atoms with Crippen molar-refractivity contribution in [3.8, 4) is 28.6 Å². The van der Waals surface area contributed by atoms with Crippen LogP contribution in [-0.2, 0) is 16.1 Å². The third kappa shape index (κ3) is 5.56. The third-order valence-corrected chi connectivity index (χ3v) is 6.22. The number of phenolic OH excluding ortho intramolecular Hbond substituents is 1. The van der Waals surface area contributed by atoms with E-state index in [1.165, 1.54) is 28.9 Å². The van der Waals surface area contributed by atoms with Crippen molar-refractivity contribution in [3.05, 3.63) is 42.5 Å². The van der Waals surface area contributed by atoms with Gasteiger partial charge in [-0.1, -0.05) is 18.9 Å². The van der Waals surface area contributed by atoms with Crippen LogP contribution in [-0.4, -0.2) is 63.4 Å². The topological polar surface area (TPSA) is 132 Å². The van der Waals surface area contributed by atoms with E-state index < -0.39 is 11.9 Å². The van der Waals surface area contributed by atoms with Crippen LogP contribution >= 0.6 is 0 Å². The Morgan fingerprint density at radius 3 is 2.58 bits per heavy atom. The number of rotatable bonds is 9. The van der Waals surface area contributed by atoms with Gasteiger partial charge in [0.25, 0.3) is 5.91 Å². The highest BCUT2D eigenvalue weighted by Crippen LogP contribution is 2.31. The molecule has 0 unspecified atom stereocenters. The summed E-state index contributed by atoms with van der Waals surface area (Å²) in [6.07, 6.45) is 4.02. The quantitative estimate of drug-likeness (QED) is 0.464. The minimum atomic E-state index is -0.811. The van der Waals surface area contributed by atoms with E-state index >= 15 is 0 Å². The molecule has 2 amide bonds. The van der Waals surface area contributed by atoms with Crippen LogP contribution in [0, 0.1) is 0 Å². The Labute approximate surface area is 209 Å². The molecule has 1 aliphatic rings. The minimum absolute atomic E-state index is 0.0108. The number of amides is 2. The van der Waals surface area contributed by atoms with Crippen molar-refractivity contribution >= 4 is 17.5 Å². The molecule has 1 saturated carbocycles. The van der Waals surface area contributed by atoms with Crippen molar-refractivity contribution in [2.24, 2.45) is 0 Å². The van der Waals surface area contributed by atoms with E-state index in [0.29, 0.717) is 28.6 Å². The van der Waals surface area contributed by atoms with Gasteiger partial charge in [0.1, 0.15) is 18.3 Å². The summed E-state index contributed by atoms with van der Waals surface area (Å²) < 4.78 is 10.6. The zero-order chi connectivity index (χ0) is 25.7. The molecule has 1 atom stereocenters. The first-order chi connectivity index (χ1) is 17.4. The average Bonchev–Trinajstić information content (AvgIpc) is 3.56. The second-order valence-corrected chi connectivity index (χ2v) is 8.66. The maximum atomic E-state index is 13.4. The molecule has 2 N–H and O–H groups in total. The highest BCUT2D eigenvalue weighted by molar-refractivity contribution is 6.00. The SMILES string of the molecule is COc1ccc(-c2nnn(CC(=O)N(c3cccc(O)c3)[C@H](C)C(=O)NC3CCCC3)n2)cc1OC. The van der Waals surface area contributed by atoms with Gasteiger partial charge in [0.2, 0.25) is 11.7 Å². The third-order valence-electron chi connectivity index (χ3n) is 6.22. The fourth-order valence-electron chi connectivity index (χ4n) is 4.33. The molecule has 0 spiro atoms. The van der Waals surface area contributed by atoms with Crippen LogP contribution in [0.1, 0.15) is 32.6 Å². The first kappa shape index (κ1) is 25.0. The highest BCUT2D eigenvalue weighted by atomic mass is 16.5. The molecule has 4 rings (SSSR count). The Bertz CT molecular complexity index is 1220. The summed E-state index contributed by atoms with van der Waals surface area (Å²) in [6, 6.07) is 10.8. The maximum Gasteiger partial charge on any atom is 0.251 e. The van der Waals surface area contributed by atoms with Crippen molar-refractivity contribution in [1.29, 1.82) is 0 Å². The number of carbonyl (C=O) groups is 2. The van der Waals surface area contributed by atoms with Crippen LogP contribution in [0.2, 0.25) is 0 Å². The van der Waals surface area contributed by atoms with Crippen LogP contribution in [0.3, 0.4) is 0 Å². The van der Waals surface area contributed by atoms with Gasteiger partial charge in [-0.25, -0.2) is 0 Å². The molecule has 1 aliphatic carbocycles. The van der Waals surface area contributed by atoms with Crippen LogP contribution in [0.25, 0.3) is 11.4 Å². The highest BCUT2D eigenvalue weighted by Gasteiger charge is 2.30. The second-order valence-electron chi connectivity index (χ2n) is 8.66. The Morgan fingerprint density at radius 2 is 1.89 bits per heavy atom. The van der Waals surface area contributed by atoms with Crippen molar-refractivity contribution in [1.82, 2.24) is 25.5 Å². The van der Waals surface area contributed by atoms with Gasteiger partial charge in [0.05, 0.1) is 14.2 Å². The smallest absolute Gasteiger partial charge is 0.251 e. The van der Waals surface area contributed by atoms with E-state index in [1.54, 1.807) is 44.4 Å². The minimum Gasteiger partial charge on any atom is -0.508 e. The number of hydrogen-bond donors (Lipinski definition) is 2. The van der Waals surface area contributed by atoms with Crippen LogP contribution < -0.4 is 19.7 Å². The maximum absolute atomic E-state index is 13.4. The fourth-order valence-corrected chi connectivity index (χ4v) is 4.33. The molecule has 0 aliphatic heterocycles. The first-order valence-corrected chi connectivity index (χ1v) is 11.8. The van der Waals surface area contributed by atoms with E-state index in [9.17, 15) is 14.7 Å². The van der Waals surface area contributed by atoms with Crippen LogP contribution in [0.4, 0.5) is 5.69 Å². The number of nitrogens with one attached hydrogen (secondary N) is 1.